The first-order chi connectivity index (χ1) is 37.4. The van der Waals surface area contributed by atoms with Crippen LogP contribution in [0, 0.1) is 0 Å². The minimum atomic E-state index is -0.541. The van der Waals surface area contributed by atoms with Crippen LogP contribution in [0.3, 0.4) is 0 Å². The van der Waals surface area contributed by atoms with Gasteiger partial charge < -0.3 is 9.32 Å². The molecule has 0 radical (unpaired) electrons. The van der Waals surface area contributed by atoms with Crippen LogP contribution < -0.4 is 4.90 Å². The molecule has 0 spiro atoms. The highest BCUT2D eigenvalue weighted by molar-refractivity contribution is 6.09. The number of furan rings is 1. The fraction of sp³-hybridized carbons (Fsp3) is 0.0541. The molecule has 13 aromatic rings. The van der Waals surface area contributed by atoms with Gasteiger partial charge in [-0.1, -0.05) is 244 Å². The Morgan fingerprint density at radius 2 is 0.816 bits per heavy atom. The summed E-state index contributed by atoms with van der Waals surface area (Å²) < 4.78 is 6.52. The lowest BCUT2D eigenvalue weighted by Gasteiger charge is -2.34. The molecule has 0 N–H and O–H groups in total. The van der Waals surface area contributed by atoms with Crippen molar-refractivity contribution in [1.29, 1.82) is 0 Å². The fourth-order valence-corrected chi connectivity index (χ4v) is 13.3. The Hall–Kier alpha value is -9.50. The van der Waals surface area contributed by atoms with Gasteiger partial charge in [0.25, 0.3) is 0 Å². The number of anilines is 3. The van der Waals surface area contributed by atoms with E-state index in [-0.39, 0.29) is 5.41 Å². The van der Waals surface area contributed by atoms with Crippen molar-refractivity contribution in [3.05, 3.63) is 306 Å². The molecule has 0 aliphatic heterocycles. The van der Waals surface area contributed by atoms with Crippen molar-refractivity contribution in [2.24, 2.45) is 0 Å². The van der Waals surface area contributed by atoms with Crippen LogP contribution in [0.15, 0.2) is 277 Å². The molecular formula is C74H51NO. The summed E-state index contributed by atoms with van der Waals surface area (Å²) in [6.45, 7) is 4.72. The predicted octanol–water partition coefficient (Wildman–Crippen LogP) is 19.9. The molecule has 358 valence electrons. The Kier molecular flexibility index (Phi) is 9.86. The van der Waals surface area contributed by atoms with Gasteiger partial charge in [-0.3, -0.25) is 0 Å². The molecule has 2 heteroatoms. The molecule has 2 nitrogen and oxygen atoms in total. The van der Waals surface area contributed by atoms with Crippen LogP contribution in [0.25, 0.3) is 88.3 Å². The summed E-state index contributed by atoms with van der Waals surface area (Å²) in [5, 5.41) is 4.78. The quantitative estimate of drug-likeness (QED) is 0.151. The molecule has 12 aromatic carbocycles. The van der Waals surface area contributed by atoms with E-state index in [1.807, 2.05) is 6.07 Å². The maximum Gasteiger partial charge on any atom is 0.143 e. The van der Waals surface area contributed by atoms with Gasteiger partial charge in [0, 0.05) is 38.8 Å². The number of hydrogen-bond acceptors (Lipinski definition) is 2. The van der Waals surface area contributed by atoms with E-state index in [0.29, 0.717) is 0 Å². The van der Waals surface area contributed by atoms with Crippen molar-refractivity contribution in [2.45, 2.75) is 24.7 Å². The van der Waals surface area contributed by atoms with Crippen molar-refractivity contribution in [2.75, 3.05) is 4.90 Å². The van der Waals surface area contributed by atoms with Gasteiger partial charge in [0.2, 0.25) is 0 Å². The summed E-state index contributed by atoms with van der Waals surface area (Å²) in [5.74, 6) is 0. The summed E-state index contributed by atoms with van der Waals surface area (Å²) in [5.41, 5.74) is 24.4. The largest absolute Gasteiger partial charge is 0.455 e. The zero-order chi connectivity index (χ0) is 50.5. The molecule has 0 fully saturated rings. The number of hydrogen-bond donors (Lipinski definition) is 0. The first-order valence-corrected chi connectivity index (χ1v) is 26.5. The molecule has 0 saturated carbocycles. The van der Waals surface area contributed by atoms with Gasteiger partial charge in [-0.05, 0) is 137 Å². The third-order valence-electron chi connectivity index (χ3n) is 16.8. The molecule has 0 bridgehead atoms. The maximum atomic E-state index is 6.52. The smallest absolute Gasteiger partial charge is 0.143 e. The lowest BCUT2D eigenvalue weighted by atomic mass is 9.67. The van der Waals surface area contributed by atoms with Gasteiger partial charge >= 0.3 is 0 Å². The van der Waals surface area contributed by atoms with Gasteiger partial charge in [0.15, 0.2) is 0 Å². The Morgan fingerprint density at radius 3 is 1.61 bits per heavy atom. The Bertz CT molecular complexity index is 4400. The Balaban J connectivity index is 0.858. The second-order valence-electron chi connectivity index (χ2n) is 21.1. The maximum absolute atomic E-state index is 6.52. The lowest BCUT2D eigenvalue weighted by Crippen LogP contribution is -2.28. The number of fused-ring (bicyclic) bond motifs is 10. The van der Waals surface area contributed by atoms with Crippen molar-refractivity contribution in [3.8, 4) is 55.6 Å². The summed E-state index contributed by atoms with van der Waals surface area (Å²) in [6, 6.07) is 101. The molecule has 2 aliphatic carbocycles. The van der Waals surface area contributed by atoms with E-state index in [0.717, 1.165) is 50.1 Å². The van der Waals surface area contributed by atoms with E-state index in [1.165, 1.54) is 88.7 Å². The van der Waals surface area contributed by atoms with Crippen LogP contribution in [0.2, 0.25) is 0 Å². The number of benzene rings is 12. The first-order valence-electron chi connectivity index (χ1n) is 26.5. The molecule has 1 unspecified atom stereocenters. The van der Waals surface area contributed by atoms with Gasteiger partial charge in [0.05, 0.1) is 5.41 Å². The van der Waals surface area contributed by atoms with Gasteiger partial charge in [-0.25, -0.2) is 0 Å². The predicted molar refractivity (Wildman–Crippen MR) is 317 cm³/mol. The second kappa shape index (κ2) is 17.0. The van der Waals surface area contributed by atoms with Crippen molar-refractivity contribution in [1.82, 2.24) is 0 Å². The highest BCUT2D eigenvalue weighted by Gasteiger charge is 2.47. The van der Waals surface area contributed by atoms with Crippen molar-refractivity contribution in [3.63, 3.8) is 0 Å². The molecule has 15 rings (SSSR count). The number of para-hydroxylation sites is 2. The van der Waals surface area contributed by atoms with E-state index < -0.39 is 5.41 Å². The van der Waals surface area contributed by atoms with Crippen LogP contribution in [-0.2, 0) is 10.8 Å². The van der Waals surface area contributed by atoms with E-state index in [4.69, 9.17) is 4.42 Å². The van der Waals surface area contributed by atoms with Gasteiger partial charge in [-0.15, -0.1) is 0 Å². The average Bonchev–Trinajstić information content (AvgIpc) is 4.27. The van der Waals surface area contributed by atoms with E-state index in [2.05, 4.69) is 286 Å². The van der Waals surface area contributed by atoms with Crippen molar-refractivity contribution < 1.29 is 4.42 Å². The van der Waals surface area contributed by atoms with E-state index >= 15 is 0 Å². The molecule has 1 heterocycles. The zero-order valence-corrected chi connectivity index (χ0v) is 42.3. The first kappa shape index (κ1) is 44.0. The highest BCUT2D eigenvalue weighted by Crippen LogP contribution is 2.59. The average molecular weight is 970 g/mol. The summed E-state index contributed by atoms with van der Waals surface area (Å²) in [6.07, 6.45) is 0. The van der Waals surface area contributed by atoms with Crippen LogP contribution in [-0.4, -0.2) is 0 Å². The van der Waals surface area contributed by atoms with E-state index in [1.54, 1.807) is 0 Å². The van der Waals surface area contributed by atoms with Gasteiger partial charge in [0.1, 0.15) is 11.2 Å². The van der Waals surface area contributed by atoms with Crippen LogP contribution in [0.5, 0.6) is 0 Å². The number of nitrogens with zero attached hydrogens (tertiary/aromatic N) is 1. The summed E-state index contributed by atoms with van der Waals surface area (Å²) in [4.78, 5) is 2.42. The molecule has 0 amide bonds. The third-order valence-corrected chi connectivity index (χ3v) is 16.8. The summed E-state index contributed by atoms with van der Waals surface area (Å²) >= 11 is 0. The normalized spacial score (nSPS) is 14.9. The minimum Gasteiger partial charge on any atom is -0.455 e. The topological polar surface area (TPSA) is 16.4 Å². The molecular weight excluding hydrogens is 919 g/mol. The van der Waals surface area contributed by atoms with Crippen molar-refractivity contribution >= 4 is 49.8 Å². The van der Waals surface area contributed by atoms with Crippen LogP contribution >= 0.6 is 0 Å². The second-order valence-corrected chi connectivity index (χ2v) is 21.1. The third kappa shape index (κ3) is 6.53. The Morgan fingerprint density at radius 1 is 0.316 bits per heavy atom. The SMILES string of the molecule is CC1(C)c2ccccc2-c2ccc(N(c3ccc(-c4cccc5c4-c4ccccc4C5(c4ccccc4)c4ccc(-c5cccc6ccccc56)cc4)cc3)c3ccc(-c4cccc5c4oc4ccccc45)cc3)cc21. The minimum absolute atomic E-state index is 0.148. The molecule has 0 saturated heterocycles. The molecule has 1 atom stereocenters. The standard InChI is InChI=1S/C74H51NO/c1-73(2)66-29-11-8-22-61(66)62-46-45-56(47-69(62)73)75(55-43-37-51(38-44-55)60-27-15-28-64-63-23-10-13-32-70(63)76-72(60)64)54-41-35-50(36-42-54)59-26-16-31-68-71(59)65-24-9-12-30-67(65)74(68,52-19-4-3-5-20-52)53-39-33-49(34-40-53)58-25-14-18-48-17-6-7-21-57(48)58/h3-47H,1-2H3. The summed E-state index contributed by atoms with van der Waals surface area (Å²) in [7, 11) is 0. The molecule has 2 aliphatic rings. The van der Waals surface area contributed by atoms with Gasteiger partial charge in [-0.2, -0.15) is 0 Å². The number of rotatable bonds is 8. The fourth-order valence-electron chi connectivity index (χ4n) is 13.3. The highest BCUT2D eigenvalue weighted by atomic mass is 16.3. The molecule has 76 heavy (non-hydrogen) atoms. The van der Waals surface area contributed by atoms with Crippen LogP contribution in [0.1, 0.15) is 47.2 Å². The monoisotopic (exact) mass is 969 g/mol. The lowest BCUT2D eigenvalue weighted by molar-refractivity contribution is 0.660. The Labute approximate surface area is 443 Å². The van der Waals surface area contributed by atoms with E-state index in [9.17, 15) is 0 Å². The zero-order valence-electron chi connectivity index (χ0n) is 42.3. The molecule has 1 aromatic heterocycles. The van der Waals surface area contributed by atoms with Crippen LogP contribution in [0.4, 0.5) is 17.1 Å².